The van der Waals surface area contributed by atoms with Crippen LogP contribution in [0.5, 0.6) is 11.5 Å². The van der Waals surface area contributed by atoms with E-state index < -0.39 is 0 Å². The zero-order chi connectivity index (χ0) is 30.3. The van der Waals surface area contributed by atoms with Crippen molar-refractivity contribution in [2.75, 3.05) is 0 Å². The van der Waals surface area contributed by atoms with Gasteiger partial charge in [-0.05, 0) is 67.9 Å². The molecular formula is C36H52N2Na2O2. The number of hydrogen-bond acceptors (Lipinski definition) is 4. The van der Waals surface area contributed by atoms with Gasteiger partial charge >= 0.3 is 59.1 Å². The summed E-state index contributed by atoms with van der Waals surface area (Å²) in [5, 5.41) is 26.9. The third-order valence-corrected chi connectivity index (χ3v) is 8.09. The number of benzene rings is 2. The minimum atomic E-state index is -0.248. The Bertz CT molecular complexity index is 1170. The van der Waals surface area contributed by atoms with Crippen LogP contribution in [0.15, 0.2) is 34.3 Å². The number of nitrogens with zero attached hydrogens (tertiary/aromatic N) is 2. The molecule has 0 spiro atoms. The van der Waals surface area contributed by atoms with Crippen molar-refractivity contribution in [3.8, 4) is 11.5 Å². The maximum absolute atomic E-state index is 13.5. The zero-order valence-electron chi connectivity index (χ0n) is 29.2. The first kappa shape index (κ1) is 39.4. The summed E-state index contributed by atoms with van der Waals surface area (Å²) in [6.45, 7) is 25.6. The summed E-state index contributed by atoms with van der Waals surface area (Å²) in [6, 6.07) is 8.15. The normalized spacial score (nSPS) is 18.7. The van der Waals surface area contributed by atoms with E-state index in [1.165, 1.54) is 0 Å². The van der Waals surface area contributed by atoms with Gasteiger partial charge in [0, 0.05) is 12.4 Å². The average molecular weight is 591 g/mol. The molecule has 6 heteroatoms. The predicted octanol–water partition coefficient (Wildman–Crippen LogP) is 1.88. The van der Waals surface area contributed by atoms with Crippen molar-refractivity contribution in [3.05, 3.63) is 57.6 Å². The largest absolute Gasteiger partial charge is 1.00 e. The van der Waals surface area contributed by atoms with Gasteiger partial charge in [0.15, 0.2) is 0 Å². The van der Waals surface area contributed by atoms with E-state index in [4.69, 9.17) is 9.98 Å². The fourth-order valence-electron chi connectivity index (χ4n) is 5.27. The molecule has 0 heterocycles. The van der Waals surface area contributed by atoms with Crippen LogP contribution in [0.25, 0.3) is 0 Å². The van der Waals surface area contributed by atoms with E-state index in [1.54, 1.807) is 12.4 Å². The Labute approximate surface area is 300 Å². The van der Waals surface area contributed by atoms with E-state index in [9.17, 15) is 10.2 Å². The predicted molar refractivity (Wildman–Crippen MR) is 168 cm³/mol. The maximum Gasteiger partial charge on any atom is 1.00 e. The van der Waals surface area contributed by atoms with Gasteiger partial charge in [-0.25, -0.2) is 0 Å². The van der Waals surface area contributed by atoms with Crippen LogP contribution < -0.4 is 69.3 Å². The molecule has 2 aromatic carbocycles. The van der Waals surface area contributed by atoms with E-state index in [2.05, 4.69) is 95.2 Å². The molecular weight excluding hydrogens is 538 g/mol. The monoisotopic (exact) mass is 590 g/mol. The molecule has 0 bridgehead atoms. The summed E-state index contributed by atoms with van der Waals surface area (Å²) in [6.07, 6.45) is 7.63. The Morgan fingerprint density at radius 2 is 0.857 bits per heavy atom. The van der Waals surface area contributed by atoms with E-state index in [-0.39, 0.29) is 104 Å². The van der Waals surface area contributed by atoms with Crippen LogP contribution in [-0.4, -0.2) is 24.5 Å². The second kappa shape index (κ2) is 14.6. The Balaban J connectivity index is 0.00000441. The molecule has 0 unspecified atom stereocenters. The molecule has 42 heavy (non-hydrogen) atoms. The molecule has 0 aromatic heterocycles. The fourth-order valence-corrected chi connectivity index (χ4v) is 5.27. The van der Waals surface area contributed by atoms with Crippen LogP contribution in [-0.2, 0) is 21.7 Å². The van der Waals surface area contributed by atoms with E-state index in [0.717, 1.165) is 47.9 Å². The van der Waals surface area contributed by atoms with Gasteiger partial charge in [-0.3, -0.25) is 9.98 Å². The van der Waals surface area contributed by atoms with Crippen molar-refractivity contribution in [1.82, 2.24) is 0 Å². The van der Waals surface area contributed by atoms with Gasteiger partial charge in [-0.2, -0.15) is 0 Å². The second-order valence-electron chi connectivity index (χ2n) is 15.9. The molecule has 3 rings (SSSR count). The van der Waals surface area contributed by atoms with Crippen molar-refractivity contribution in [2.24, 2.45) is 9.98 Å². The topological polar surface area (TPSA) is 70.8 Å². The van der Waals surface area contributed by atoms with Gasteiger partial charge in [0.25, 0.3) is 0 Å². The molecule has 2 atom stereocenters. The molecule has 0 radical (unpaired) electrons. The standard InChI is InChI=1S/C36H54N2O2.2Na/c1-33(2,3)25-17-23(31(39)27(19-25)35(7,8)9)21-37-29-15-13-14-16-30(29)38-22-24-18-26(34(4,5)6)20-28(32(24)40)36(10,11)12;;/h17-22,29-30,39-40H,13-16H2,1-12H3;;/q;2*+1/p-2/t29-,30-;;/m0../s1. The summed E-state index contributed by atoms with van der Waals surface area (Å²) >= 11 is 0. The summed E-state index contributed by atoms with van der Waals surface area (Å²) in [4.78, 5) is 9.95. The van der Waals surface area contributed by atoms with Crippen LogP contribution >= 0.6 is 0 Å². The van der Waals surface area contributed by atoms with Crippen molar-refractivity contribution >= 4 is 12.4 Å². The molecule has 1 aliphatic rings. The molecule has 2 aromatic rings. The summed E-state index contributed by atoms with van der Waals surface area (Å²) in [7, 11) is 0. The van der Waals surface area contributed by atoms with Gasteiger partial charge in [0.1, 0.15) is 0 Å². The molecule has 0 aliphatic heterocycles. The summed E-state index contributed by atoms with van der Waals surface area (Å²) < 4.78 is 0. The van der Waals surface area contributed by atoms with Crippen LogP contribution in [0.1, 0.15) is 142 Å². The Morgan fingerprint density at radius 1 is 0.548 bits per heavy atom. The van der Waals surface area contributed by atoms with Gasteiger partial charge in [-0.15, -0.1) is 0 Å². The molecule has 0 N–H and O–H groups in total. The molecule has 1 aliphatic carbocycles. The van der Waals surface area contributed by atoms with Crippen LogP contribution in [0.2, 0.25) is 0 Å². The summed E-state index contributed by atoms with van der Waals surface area (Å²) in [5.74, 6) is 0.120. The Kier molecular flexibility index (Phi) is 13.7. The first-order valence-electron chi connectivity index (χ1n) is 15.0. The second-order valence-corrected chi connectivity index (χ2v) is 15.9. The zero-order valence-corrected chi connectivity index (χ0v) is 33.2. The van der Waals surface area contributed by atoms with Gasteiger partial charge in [-0.1, -0.05) is 132 Å². The van der Waals surface area contributed by atoms with Crippen molar-refractivity contribution < 1.29 is 69.3 Å². The number of rotatable bonds is 4. The molecule has 4 nitrogen and oxygen atoms in total. The van der Waals surface area contributed by atoms with E-state index in [0.29, 0.717) is 11.1 Å². The maximum atomic E-state index is 13.5. The van der Waals surface area contributed by atoms with Crippen LogP contribution in [0.3, 0.4) is 0 Å². The first-order valence-corrected chi connectivity index (χ1v) is 15.0. The minimum Gasteiger partial charge on any atom is -0.872 e. The van der Waals surface area contributed by atoms with Crippen molar-refractivity contribution in [1.29, 1.82) is 0 Å². The fraction of sp³-hybridized carbons (Fsp3) is 0.611. The van der Waals surface area contributed by atoms with Crippen molar-refractivity contribution in [2.45, 2.75) is 143 Å². The Hall–Kier alpha value is -0.620. The van der Waals surface area contributed by atoms with Crippen molar-refractivity contribution in [3.63, 3.8) is 0 Å². The first-order chi connectivity index (χ1) is 18.2. The van der Waals surface area contributed by atoms with Gasteiger partial charge < -0.3 is 10.2 Å². The molecule has 220 valence electrons. The molecule has 1 saturated carbocycles. The molecule has 0 amide bonds. The summed E-state index contributed by atoms with van der Waals surface area (Å²) in [5.41, 5.74) is 4.62. The van der Waals surface area contributed by atoms with E-state index in [1.807, 2.05) is 12.1 Å². The third kappa shape index (κ3) is 9.94. The Morgan fingerprint density at radius 3 is 1.12 bits per heavy atom. The van der Waals surface area contributed by atoms with Crippen LogP contribution in [0.4, 0.5) is 0 Å². The van der Waals surface area contributed by atoms with E-state index >= 15 is 0 Å². The molecule has 0 saturated heterocycles. The third-order valence-electron chi connectivity index (χ3n) is 8.09. The van der Waals surface area contributed by atoms with Gasteiger partial charge in [0.2, 0.25) is 0 Å². The quantitative estimate of drug-likeness (QED) is 0.403. The number of hydrogen-bond donors (Lipinski definition) is 0. The molecule has 1 fully saturated rings. The smallest absolute Gasteiger partial charge is 0.872 e. The van der Waals surface area contributed by atoms with Gasteiger partial charge in [0.05, 0.1) is 12.1 Å². The number of aliphatic imine (C=N–C) groups is 2. The SMILES string of the molecule is CC(C)(C)c1cc(C=N[C@H]2CCCC[C@@H]2N=Cc2cc(C(C)(C)C)cc(C(C)(C)C)c2[O-])c([O-])c(C(C)(C)C)c1.[Na+].[Na+]. The van der Waals surface area contributed by atoms with Crippen LogP contribution in [0, 0.1) is 0 Å². The minimum absolute atomic E-state index is 0. The average Bonchev–Trinajstić information content (AvgIpc) is 2.80.